The van der Waals surface area contributed by atoms with Crippen molar-refractivity contribution >= 4 is 39.1 Å². The van der Waals surface area contributed by atoms with Gasteiger partial charge in [-0.2, -0.15) is 10.2 Å². The molecule has 8 heteroatoms. The Kier molecular flexibility index (Phi) is 5.32. The van der Waals surface area contributed by atoms with Crippen molar-refractivity contribution in [3.63, 3.8) is 0 Å². The number of nitrogens with one attached hydrogen (secondary N) is 1. The van der Waals surface area contributed by atoms with Crippen LogP contribution in [0.2, 0.25) is 5.02 Å². The third-order valence-electron chi connectivity index (χ3n) is 3.32. The van der Waals surface area contributed by atoms with Crippen LogP contribution in [-0.4, -0.2) is 25.5 Å². The van der Waals surface area contributed by atoms with Crippen LogP contribution < -0.4 is 5.32 Å². The Morgan fingerprint density at radius 2 is 2.04 bits per heavy atom. The van der Waals surface area contributed by atoms with Gasteiger partial charge in [0.1, 0.15) is 0 Å². The number of aromatic nitrogens is 4. The maximum Gasteiger partial charge on any atom is 0.226 e. The largest absolute Gasteiger partial charge is 0.323 e. The number of rotatable bonds is 6. The van der Waals surface area contributed by atoms with E-state index in [-0.39, 0.29) is 5.91 Å². The van der Waals surface area contributed by atoms with Crippen LogP contribution in [0.1, 0.15) is 12.0 Å². The number of carbonyl (C=O) groups is 1. The molecule has 0 fully saturated rings. The summed E-state index contributed by atoms with van der Waals surface area (Å²) in [6, 6.07) is 7.60. The molecule has 2 aromatic heterocycles. The van der Waals surface area contributed by atoms with Crippen molar-refractivity contribution in [3.8, 4) is 0 Å². The number of anilines is 1. The standard InChI is InChI=1S/C16H15BrClN5O/c17-13-7-19-22(10-13)5-4-16(24)21-15-8-20-23(11-15)9-12-2-1-3-14(18)6-12/h1-3,6-8,10-11H,4-5,9H2,(H,21,24). The van der Waals surface area contributed by atoms with Crippen molar-refractivity contribution in [2.75, 3.05) is 5.32 Å². The summed E-state index contributed by atoms with van der Waals surface area (Å²) in [6.07, 6.45) is 7.29. The van der Waals surface area contributed by atoms with Crippen LogP contribution in [0.15, 0.2) is 53.5 Å². The van der Waals surface area contributed by atoms with E-state index in [4.69, 9.17) is 11.6 Å². The van der Waals surface area contributed by atoms with Crippen LogP contribution in [0.3, 0.4) is 0 Å². The number of halogens is 2. The van der Waals surface area contributed by atoms with Gasteiger partial charge in [0.05, 0.1) is 29.1 Å². The molecule has 0 aliphatic heterocycles. The van der Waals surface area contributed by atoms with E-state index in [1.54, 1.807) is 28.0 Å². The van der Waals surface area contributed by atoms with Gasteiger partial charge in [-0.05, 0) is 33.6 Å². The summed E-state index contributed by atoms with van der Waals surface area (Å²) in [7, 11) is 0. The van der Waals surface area contributed by atoms with Crippen molar-refractivity contribution < 1.29 is 4.79 Å². The molecule has 0 atom stereocenters. The highest BCUT2D eigenvalue weighted by molar-refractivity contribution is 9.10. The number of aryl methyl sites for hydroxylation is 1. The zero-order chi connectivity index (χ0) is 16.9. The Morgan fingerprint density at radius 3 is 2.79 bits per heavy atom. The Bertz CT molecular complexity index is 844. The molecule has 0 aliphatic rings. The van der Waals surface area contributed by atoms with E-state index in [1.807, 2.05) is 30.5 Å². The number of carbonyl (C=O) groups excluding carboxylic acids is 1. The molecule has 6 nitrogen and oxygen atoms in total. The van der Waals surface area contributed by atoms with Crippen LogP contribution >= 0.6 is 27.5 Å². The lowest BCUT2D eigenvalue weighted by Gasteiger charge is -2.03. The maximum atomic E-state index is 12.0. The first-order valence-corrected chi connectivity index (χ1v) is 8.50. The predicted molar refractivity (Wildman–Crippen MR) is 96.0 cm³/mol. The first kappa shape index (κ1) is 16.7. The topological polar surface area (TPSA) is 64.7 Å². The maximum absolute atomic E-state index is 12.0. The van der Waals surface area contributed by atoms with Crippen molar-refractivity contribution in [1.82, 2.24) is 19.6 Å². The Morgan fingerprint density at radius 1 is 1.21 bits per heavy atom. The fourth-order valence-electron chi connectivity index (χ4n) is 2.24. The summed E-state index contributed by atoms with van der Waals surface area (Å²) in [5.74, 6) is -0.0797. The van der Waals surface area contributed by atoms with Crippen molar-refractivity contribution in [2.24, 2.45) is 0 Å². The van der Waals surface area contributed by atoms with E-state index < -0.39 is 0 Å². The van der Waals surface area contributed by atoms with Crippen LogP contribution in [0.4, 0.5) is 5.69 Å². The van der Waals surface area contributed by atoms with Gasteiger partial charge in [0, 0.05) is 30.4 Å². The molecule has 1 N–H and O–H groups in total. The minimum Gasteiger partial charge on any atom is -0.323 e. The zero-order valence-corrected chi connectivity index (χ0v) is 15.0. The van der Waals surface area contributed by atoms with Gasteiger partial charge in [0.15, 0.2) is 0 Å². The van der Waals surface area contributed by atoms with Crippen molar-refractivity contribution in [2.45, 2.75) is 19.5 Å². The number of benzene rings is 1. The summed E-state index contributed by atoms with van der Waals surface area (Å²) in [4.78, 5) is 12.0. The van der Waals surface area contributed by atoms with E-state index in [2.05, 4.69) is 31.4 Å². The number of hydrogen-bond donors (Lipinski definition) is 1. The fraction of sp³-hybridized carbons (Fsp3) is 0.188. The Balaban J connectivity index is 1.52. The molecule has 1 amide bonds. The first-order valence-electron chi connectivity index (χ1n) is 7.33. The molecule has 1 aromatic carbocycles. The lowest BCUT2D eigenvalue weighted by molar-refractivity contribution is -0.116. The predicted octanol–water partition coefficient (Wildman–Crippen LogP) is 3.57. The fourth-order valence-corrected chi connectivity index (χ4v) is 2.78. The monoisotopic (exact) mass is 407 g/mol. The van der Waals surface area contributed by atoms with Crippen LogP contribution in [0, 0.1) is 0 Å². The van der Waals surface area contributed by atoms with Crippen LogP contribution in [0.25, 0.3) is 0 Å². The van der Waals surface area contributed by atoms with Gasteiger partial charge >= 0.3 is 0 Å². The van der Waals surface area contributed by atoms with Gasteiger partial charge in [0.2, 0.25) is 5.91 Å². The molecule has 0 bridgehead atoms. The molecular weight excluding hydrogens is 394 g/mol. The minimum atomic E-state index is -0.0797. The van der Waals surface area contributed by atoms with Gasteiger partial charge in [-0.25, -0.2) is 0 Å². The van der Waals surface area contributed by atoms with E-state index in [0.29, 0.717) is 30.2 Å². The summed E-state index contributed by atoms with van der Waals surface area (Å²) in [5.41, 5.74) is 1.72. The summed E-state index contributed by atoms with van der Waals surface area (Å²) in [5, 5.41) is 11.9. The molecule has 0 saturated heterocycles. The number of hydrogen-bond acceptors (Lipinski definition) is 3. The number of nitrogens with zero attached hydrogens (tertiary/aromatic N) is 4. The van der Waals surface area contributed by atoms with Gasteiger partial charge in [-0.3, -0.25) is 14.2 Å². The second-order valence-electron chi connectivity index (χ2n) is 5.28. The van der Waals surface area contributed by atoms with Gasteiger partial charge in [-0.1, -0.05) is 23.7 Å². The highest BCUT2D eigenvalue weighted by Gasteiger charge is 2.06. The Hall–Kier alpha value is -2.12. The van der Waals surface area contributed by atoms with E-state index >= 15 is 0 Å². The average Bonchev–Trinajstić information content (AvgIpc) is 3.14. The highest BCUT2D eigenvalue weighted by Crippen LogP contribution is 2.13. The molecule has 2 heterocycles. The smallest absolute Gasteiger partial charge is 0.226 e. The molecule has 124 valence electrons. The first-order chi connectivity index (χ1) is 11.6. The normalized spacial score (nSPS) is 10.8. The molecule has 0 saturated carbocycles. The third kappa shape index (κ3) is 4.69. The second kappa shape index (κ2) is 7.63. The van der Waals surface area contributed by atoms with Crippen LogP contribution in [0.5, 0.6) is 0 Å². The third-order valence-corrected chi connectivity index (χ3v) is 3.96. The molecule has 3 rings (SSSR count). The highest BCUT2D eigenvalue weighted by atomic mass is 79.9. The summed E-state index contributed by atoms with van der Waals surface area (Å²) in [6.45, 7) is 1.12. The van der Waals surface area contributed by atoms with E-state index in [1.165, 1.54) is 0 Å². The van der Waals surface area contributed by atoms with Crippen LogP contribution in [-0.2, 0) is 17.9 Å². The summed E-state index contributed by atoms with van der Waals surface area (Å²) >= 11 is 9.30. The molecule has 0 unspecified atom stereocenters. The molecule has 0 aliphatic carbocycles. The molecule has 0 radical (unpaired) electrons. The second-order valence-corrected chi connectivity index (χ2v) is 6.63. The number of amides is 1. The molecule has 0 spiro atoms. The minimum absolute atomic E-state index is 0.0797. The molecule has 3 aromatic rings. The SMILES string of the molecule is O=C(CCn1cc(Br)cn1)Nc1cnn(Cc2cccc(Cl)c2)c1. The van der Waals surface area contributed by atoms with Gasteiger partial charge < -0.3 is 5.32 Å². The van der Waals surface area contributed by atoms with E-state index in [9.17, 15) is 4.79 Å². The molecular formula is C16H15BrClN5O. The molecule has 24 heavy (non-hydrogen) atoms. The summed E-state index contributed by atoms with van der Waals surface area (Å²) < 4.78 is 4.36. The van der Waals surface area contributed by atoms with Gasteiger partial charge in [-0.15, -0.1) is 0 Å². The Labute approximate surface area is 152 Å². The quantitative estimate of drug-likeness (QED) is 0.678. The van der Waals surface area contributed by atoms with Crippen molar-refractivity contribution in [1.29, 1.82) is 0 Å². The lowest BCUT2D eigenvalue weighted by atomic mass is 10.2. The van der Waals surface area contributed by atoms with Gasteiger partial charge in [0.25, 0.3) is 0 Å². The zero-order valence-electron chi connectivity index (χ0n) is 12.7. The van der Waals surface area contributed by atoms with Crippen molar-refractivity contribution in [3.05, 3.63) is 64.1 Å². The lowest BCUT2D eigenvalue weighted by Crippen LogP contribution is -2.14. The average molecular weight is 409 g/mol. The van der Waals surface area contributed by atoms with E-state index in [0.717, 1.165) is 10.0 Å².